The standard InChI is InChI=1S/C18H16.C2H2N2S/c1-3-7-15-13(5-1)9-11-18-16-8-4-2-6-14(16)10-12-17(15)18;1-2-5-4-3-1/h1,3,5,7,9-12H,2,4,6,8H2;1-2H. The van der Waals surface area contributed by atoms with E-state index in [1.807, 2.05) is 5.38 Å². The third-order valence-electron chi connectivity index (χ3n) is 4.54. The summed E-state index contributed by atoms with van der Waals surface area (Å²) < 4.78 is 3.51. The molecule has 114 valence electrons. The Labute approximate surface area is 140 Å². The van der Waals surface area contributed by atoms with Gasteiger partial charge in [0.2, 0.25) is 0 Å². The number of rotatable bonds is 0. The van der Waals surface area contributed by atoms with Crippen LogP contribution in [0.3, 0.4) is 0 Å². The molecule has 0 spiro atoms. The van der Waals surface area contributed by atoms with Gasteiger partial charge in [-0.15, -0.1) is 5.10 Å². The Balaban J connectivity index is 0.000000233. The molecule has 23 heavy (non-hydrogen) atoms. The van der Waals surface area contributed by atoms with Gasteiger partial charge in [-0.1, -0.05) is 53.0 Å². The van der Waals surface area contributed by atoms with Gasteiger partial charge in [-0.25, -0.2) is 0 Å². The van der Waals surface area contributed by atoms with Gasteiger partial charge in [0.25, 0.3) is 0 Å². The van der Waals surface area contributed by atoms with Crippen LogP contribution in [-0.2, 0) is 12.8 Å². The number of hydrogen-bond donors (Lipinski definition) is 0. The molecular formula is C20H18N2S. The van der Waals surface area contributed by atoms with E-state index in [0.717, 1.165) is 0 Å². The van der Waals surface area contributed by atoms with Gasteiger partial charge in [-0.3, -0.25) is 0 Å². The van der Waals surface area contributed by atoms with Crippen LogP contribution in [0.5, 0.6) is 0 Å². The number of fused-ring (bicyclic) bond motifs is 5. The van der Waals surface area contributed by atoms with Gasteiger partial charge in [0.1, 0.15) is 0 Å². The third-order valence-corrected chi connectivity index (χ3v) is 4.97. The van der Waals surface area contributed by atoms with Gasteiger partial charge in [0, 0.05) is 5.38 Å². The average Bonchev–Trinajstić information content (AvgIpc) is 3.21. The predicted octanol–water partition coefficient (Wildman–Crippen LogP) is 5.41. The first kappa shape index (κ1) is 14.3. The first-order valence-corrected chi connectivity index (χ1v) is 8.90. The molecule has 0 unspecified atom stereocenters. The van der Waals surface area contributed by atoms with E-state index in [9.17, 15) is 0 Å². The van der Waals surface area contributed by atoms with E-state index in [2.05, 4.69) is 58.1 Å². The molecule has 3 aromatic carbocycles. The molecule has 0 radical (unpaired) electrons. The van der Waals surface area contributed by atoms with Crippen LogP contribution in [0.2, 0.25) is 0 Å². The van der Waals surface area contributed by atoms with Crippen LogP contribution in [0.4, 0.5) is 0 Å². The normalized spacial score (nSPS) is 13.4. The Morgan fingerprint density at radius 1 is 0.783 bits per heavy atom. The molecular weight excluding hydrogens is 300 g/mol. The highest BCUT2D eigenvalue weighted by Crippen LogP contribution is 2.33. The largest absolute Gasteiger partial charge is 0.147 e. The summed E-state index contributed by atoms with van der Waals surface area (Å²) in [4.78, 5) is 0. The van der Waals surface area contributed by atoms with Crippen molar-refractivity contribution in [3.8, 4) is 0 Å². The van der Waals surface area contributed by atoms with Crippen LogP contribution in [0.15, 0.2) is 60.1 Å². The molecule has 1 aliphatic carbocycles. The molecule has 4 aromatic rings. The second-order valence-electron chi connectivity index (χ2n) is 5.88. The SMILES string of the molecule is c1ccc2c(c1)ccc1c3c(ccc12)CCCC3.c1csnn1. The lowest BCUT2D eigenvalue weighted by Gasteiger charge is -2.18. The van der Waals surface area contributed by atoms with E-state index < -0.39 is 0 Å². The maximum Gasteiger partial charge on any atom is 0.0620 e. The molecule has 0 fully saturated rings. The van der Waals surface area contributed by atoms with E-state index in [0.29, 0.717) is 0 Å². The molecule has 1 aromatic heterocycles. The minimum atomic E-state index is 1.25. The maximum atomic E-state index is 3.51. The van der Waals surface area contributed by atoms with Crippen LogP contribution in [-0.4, -0.2) is 9.59 Å². The molecule has 1 aliphatic rings. The summed E-state index contributed by atoms with van der Waals surface area (Å²) in [5, 5.41) is 11.0. The Kier molecular flexibility index (Phi) is 4.03. The molecule has 5 rings (SSSR count). The lowest BCUT2D eigenvalue weighted by Crippen LogP contribution is -2.02. The molecule has 2 nitrogen and oxygen atoms in total. The van der Waals surface area contributed by atoms with Crippen molar-refractivity contribution in [1.29, 1.82) is 0 Å². The lowest BCUT2D eigenvalue weighted by molar-refractivity contribution is 0.690. The summed E-state index contributed by atoms with van der Waals surface area (Å²) in [6.07, 6.45) is 6.87. The van der Waals surface area contributed by atoms with Gasteiger partial charge in [0.05, 0.1) is 6.20 Å². The zero-order valence-corrected chi connectivity index (χ0v) is 13.7. The summed E-state index contributed by atoms with van der Waals surface area (Å²) in [6.45, 7) is 0. The van der Waals surface area contributed by atoms with Crippen LogP contribution in [0.1, 0.15) is 24.0 Å². The van der Waals surface area contributed by atoms with Gasteiger partial charge >= 0.3 is 0 Å². The molecule has 0 atom stereocenters. The minimum Gasteiger partial charge on any atom is -0.147 e. The van der Waals surface area contributed by atoms with Crippen molar-refractivity contribution in [2.45, 2.75) is 25.7 Å². The molecule has 3 heteroatoms. The zero-order valence-electron chi connectivity index (χ0n) is 12.9. The van der Waals surface area contributed by atoms with Gasteiger partial charge in [0.15, 0.2) is 0 Å². The molecule has 1 heterocycles. The van der Waals surface area contributed by atoms with Crippen molar-refractivity contribution in [2.75, 3.05) is 0 Å². The molecule has 0 N–H and O–H groups in total. The van der Waals surface area contributed by atoms with Gasteiger partial charge in [-0.2, -0.15) is 0 Å². The second-order valence-corrected chi connectivity index (χ2v) is 6.53. The van der Waals surface area contributed by atoms with Gasteiger partial charge < -0.3 is 0 Å². The topological polar surface area (TPSA) is 25.8 Å². The molecule has 0 amide bonds. The first-order chi connectivity index (χ1) is 11.4. The summed E-state index contributed by atoms with van der Waals surface area (Å²) >= 11 is 1.35. The van der Waals surface area contributed by atoms with Crippen LogP contribution >= 0.6 is 11.5 Å². The lowest BCUT2D eigenvalue weighted by atomic mass is 9.86. The Bertz CT molecular complexity index is 912. The number of nitrogens with zero attached hydrogens (tertiary/aromatic N) is 2. The van der Waals surface area contributed by atoms with Gasteiger partial charge in [-0.05, 0) is 69.9 Å². The highest BCUT2D eigenvalue weighted by atomic mass is 32.1. The van der Waals surface area contributed by atoms with Crippen molar-refractivity contribution >= 4 is 33.1 Å². The van der Waals surface area contributed by atoms with E-state index in [1.165, 1.54) is 58.8 Å². The fraction of sp³-hybridized carbons (Fsp3) is 0.200. The maximum absolute atomic E-state index is 3.51. The number of benzene rings is 3. The number of aryl methyl sites for hydroxylation is 2. The molecule has 0 aliphatic heterocycles. The number of hydrogen-bond acceptors (Lipinski definition) is 3. The van der Waals surface area contributed by atoms with E-state index >= 15 is 0 Å². The smallest absolute Gasteiger partial charge is 0.0620 e. The van der Waals surface area contributed by atoms with Crippen LogP contribution in [0, 0.1) is 0 Å². The Morgan fingerprint density at radius 2 is 1.65 bits per heavy atom. The Hall–Kier alpha value is -2.26. The summed E-state index contributed by atoms with van der Waals surface area (Å²) in [6, 6.07) is 18.0. The quantitative estimate of drug-likeness (QED) is 0.405. The summed E-state index contributed by atoms with van der Waals surface area (Å²) in [5.74, 6) is 0. The average molecular weight is 318 g/mol. The summed E-state index contributed by atoms with van der Waals surface area (Å²) in [5.41, 5.74) is 3.17. The molecule has 0 saturated carbocycles. The Morgan fingerprint density at radius 3 is 2.48 bits per heavy atom. The highest BCUT2D eigenvalue weighted by molar-refractivity contribution is 7.03. The van der Waals surface area contributed by atoms with E-state index in [-0.39, 0.29) is 0 Å². The first-order valence-electron chi connectivity index (χ1n) is 8.07. The molecule has 0 saturated heterocycles. The fourth-order valence-corrected chi connectivity index (χ4v) is 3.75. The van der Waals surface area contributed by atoms with E-state index in [4.69, 9.17) is 0 Å². The van der Waals surface area contributed by atoms with Crippen molar-refractivity contribution in [2.24, 2.45) is 0 Å². The van der Waals surface area contributed by atoms with Crippen molar-refractivity contribution in [1.82, 2.24) is 9.59 Å². The van der Waals surface area contributed by atoms with Crippen molar-refractivity contribution in [3.05, 3.63) is 71.2 Å². The third kappa shape index (κ3) is 2.84. The van der Waals surface area contributed by atoms with E-state index in [1.54, 1.807) is 17.3 Å². The zero-order chi connectivity index (χ0) is 15.5. The summed E-state index contributed by atoms with van der Waals surface area (Å²) in [7, 11) is 0. The van der Waals surface area contributed by atoms with Crippen molar-refractivity contribution in [3.63, 3.8) is 0 Å². The van der Waals surface area contributed by atoms with Crippen molar-refractivity contribution < 1.29 is 0 Å². The van der Waals surface area contributed by atoms with Crippen LogP contribution in [0.25, 0.3) is 21.5 Å². The predicted molar refractivity (Wildman–Crippen MR) is 98.0 cm³/mol. The van der Waals surface area contributed by atoms with Crippen LogP contribution < -0.4 is 0 Å². The minimum absolute atomic E-state index is 1.25. The monoisotopic (exact) mass is 318 g/mol. The second kappa shape index (κ2) is 6.47. The highest BCUT2D eigenvalue weighted by Gasteiger charge is 2.13. The fourth-order valence-electron chi connectivity index (χ4n) is 3.48. The number of aromatic nitrogens is 2. The molecule has 0 bridgehead atoms.